The van der Waals surface area contributed by atoms with E-state index in [9.17, 15) is 39.9 Å². The fourth-order valence-corrected chi connectivity index (χ4v) is 8.47. The Bertz CT molecular complexity index is 1970. The second-order valence-corrected chi connectivity index (χ2v) is 16.1. The number of amides is 1. The molecule has 1 amide bonds. The molecule has 0 spiro atoms. The summed E-state index contributed by atoms with van der Waals surface area (Å²) in [4.78, 5) is 42.5. The first kappa shape index (κ1) is 43.5. The van der Waals surface area contributed by atoms with Crippen molar-refractivity contribution in [1.82, 2.24) is 0 Å². The molecule has 4 heterocycles. The van der Waals surface area contributed by atoms with E-state index in [1.165, 1.54) is 39.4 Å². The molecule has 11 atom stereocenters. The van der Waals surface area contributed by atoms with Gasteiger partial charge >= 0.3 is 11.8 Å². The van der Waals surface area contributed by atoms with E-state index in [0.29, 0.717) is 25.1 Å². The number of aliphatic hydroxyl groups excluding tert-OH is 3. The largest absolute Gasteiger partial charge is 0.507 e. The topological polar surface area (TPSA) is 205 Å². The molecule has 1 saturated heterocycles. The predicted molar refractivity (Wildman–Crippen MR) is 214 cm³/mol. The van der Waals surface area contributed by atoms with E-state index >= 15 is 0 Å². The van der Waals surface area contributed by atoms with Crippen molar-refractivity contribution in [2.45, 2.75) is 118 Å². The van der Waals surface area contributed by atoms with Crippen LogP contribution in [0.15, 0.2) is 42.2 Å². The number of benzene rings is 2. The Labute approximate surface area is 333 Å². The highest BCUT2D eigenvalue weighted by atomic mass is 16.7. The molecule has 2 aromatic carbocycles. The van der Waals surface area contributed by atoms with Crippen molar-refractivity contribution in [2.24, 2.45) is 23.7 Å². The van der Waals surface area contributed by atoms with Crippen molar-refractivity contribution in [2.75, 3.05) is 23.9 Å². The summed E-state index contributed by atoms with van der Waals surface area (Å²) in [5.41, 5.74) is 0.807. The summed E-state index contributed by atoms with van der Waals surface area (Å²) in [7, 11) is 1.46. The summed E-state index contributed by atoms with van der Waals surface area (Å²) in [6, 6.07) is 1.15. The molecule has 0 radical (unpaired) electrons. The summed E-state index contributed by atoms with van der Waals surface area (Å²) >= 11 is 0. The van der Waals surface area contributed by atoms with Crippen LogP contribution in [-0.2, 0) is 23.8 Å². The number of Topliss-reactive ketones (excluding diaryl/α,β-unsaturated/α-hetero) is 1. The van der Waals surface area contributed by atoms with Crippen molar-refractivity contribution in [3.05, 3.63) is 53.3 Å². The Balaban J connectivity index is 1.72. The van der Waals surface area contributed by atoms with Crippen LogP contribution in [0.2, 0.25) is 0 Å². The van der Waals surface area contributed by atoms with Crippen molar-refractivity contribution in [3.8, 4) is 17.2 Å². The number of hydrogen-bond acceptors (Lipinski definition) is 13. The van der Waals surface area contributed by atoms with Gasteiger partial charge in [0.1, 0.15) is 17.6 Å². The van der Waals surface area contributed by atoms with Crippen molar-refractivity contribution >= 4 is 39.8 Å². The number of fused-ring (bicyclic) bond motifs is 14. The molecule has 57 heavy (non-hydrogen) atoms. The number of ketones is 1. The van der Waals surface area contributed by atoms with Gasteiger partial charge in [-0.25, -0.2) is 0 Å². The second kappa shape index (κ2) is 17.1. The number of aliphatic hydroxyl groups is 3. The lowest BCUT2D eigenvalue weighted by molar-refractivity contribution is -0.160. The van der Waals surface area contributed by atoms with E-state index < -0.39 is 83.4 Å². The van der Waals surface area contributed by atoms with Gasteiger partial charge in [0, 0.05) is 73.4 Å². The molecule has 14 heteroatoms. The SMILES string of the molecule is CO[C@H]1/C=C\O[C@@]2(C)Oc3c(C)c(O)c4c(O)c(cc(N5CCC[C@@H]5[C@H](C)O)c4c3C2=O)NC(=O)/C(C)=C\C=C/[C@H](C)[C@H](O)[C@@H](C)[C@@H](O)[C@@H](C)[C@H](OC(C)=O)[C@@H]1C. The van der Waals surface area contributed by atoms with Gasteiger partial charge in [0.05, 0.1) is 53.4 Å². The minimum Gasteiger partial charge on any atom is -0.507 e. The van der Waals surface area contributed by atoms with Crippen molar-refractivity contribution in [1.29, 1.82) is 0 Å². The first-order valence-corrected chi connectivity index (χ1v) is 19.6. The maximum absolute atomic E-state index is 14.6. The van der Waals surface area contributed by atoms with Crippen molar-refractivity contribution < 1.29 is 58.9 Å². The first-order valence-electron chi connectivity index (χ1n) is 19.6. The molecule has 2 aromatic rings. The van der Waals surface area contributed by atoms with Crippen LogP contribution in [0.4, 0.5) is 11.4 Å². The number of phenols is 2. The highest BCUT2D eigenvalue weighted by Crippen LogP contribution is 2.54. The number of carbonyl (C=O) groups is 3. The van der Waals surface area contributed by atoms with E-state index in [4.69, 9.17) is 18.9 Å². The van der Waals surface area contributed by atoms with E-state index in [-0.39, 0.29) is 50.7 Å². The summed E-state index contributed by atoms with van der Waals surface area (Å²) in [5, 5.41) is 60.0. The average molecular weight is 795 g/mol. The third kappa shape index (κ3) is 8.23. The van der Waals surface area contributed by atoms with Crippen LogP contribution < -0.4 is 15.0 Å². The zero-order valence-electron chi connectivity index (χ0n) is 34.4. The number of rotatable bonds is 4. The lowest BCUT2D eigenvalue weighted by atomic mass is 9.78. The molecule has 4 aliphatic heterocycles. The highest BCUT2D eigenvalue weighted by Gasteiger charge is 2.50. The number of ether oxygens (including phenoxy) is 4. The summed E-state index contributed by atoms with van der Waals surface area (Å²) in [6.45, 7) is 14.9. The lowest BCUT2D eigenvalue weighted by Crippen LogP contribution is -2.46. The zero-order chi connectivity index (χ0) is 42.3. The minimum absolute atomic E-state index is 0.0274. The molecule has 5 bridgehead atoms. The van der Waals surface area contributed by atoms with E-state index in [2.05, 4.69) is 5.32 Å². The number of nitrogens with zero attached hydrogens (tertiary/aromatic N) is 1. The van der Waals surface area contributed by atoms with Crippen LogP contribution in [0.3, 0.4) is 0 Å². The smallest absolute Gasteiger partial charge is 0.312 e. The number of hydrogen-bond donors (Lipinski definition) is 6. The molecule has 6 N–H and O–H groups in total. The van der Waals surface area contributed by atoms with Gasteiger partial charge in [0.15, 0.2) is 5.75 Å². The molecule has 0 aromatic heterocycles. The molecule has 0 aliphatic carbocycles. The average Bonchev–Trinajstić information content (AvgIpc) is 3.76. The molecule has 0 saturated carbocycles. The number of nitrogens with one attached hydrogen (secondary N) is 1. The van der Waals surface area contributed by atoms with Crippen molar-refractivity contribution in [3.63, 3.8) is 0 Å². The first-order chi connectivity index (χ1) is 26.7. The fourth-order valence-electron chi connectivity index (χ4n) is 8.47. The molecule has 6 rings (SSSR count). The van der Waals surface area contributed by atoms with Gasteiger partial charge in [-0.1, -0.05) is 45.9 Å². The molecule has 14 nitrogen and oxygen atoms in total. The number of phenolic OH excluding ortho intramolecular Hbond substituents is 2. The van der Waals surface area contributed by atoms with Gasteiger partial charge in [-0.15, -0.1) is 0 Å². The number of methoxy groups -OCH3 is 1. The third-order valence-electron chi connectivity index (χ3n) is 12.0. The van der Waals surface area contributed by atoms with E-state index in [1.54, 1.807) is 66.7 Å². The van der Waals surface area contributed by atoms with Gasteiger partial charge in [-0.3, -0.25) is 14.4 Å². The zero-order valence-corrected chi connectivity index (χ0v) is 34.4. The number of esters is 1. The summed E-state index contributed by atoms with van der Waals surface area (Å²) in [5.74, 6) is -6.89. The normalized spacial score (nSPS) is 33.9. The monoisotopic (exact) mass is 794 g/mol. The number of allylic oxidation sites excluding steroid dienone is 2. The molecular weight excluding hydrogens is 736 g/mol. The second-order valence-electron chi connectivity index (χ2n) is 16.1. The van der Waals surface area contributed by atoms with Gasteiger partial charge in [0.25, 0.3) is 11.7 Å². The molecular formula is C43H58N2O12. The quantitative estimate of drug-likeness (QED) is 0.170. The van der Waals surface area contributed by atoms with Gasteiger partial charge in [-0.05, 0) is 45.8 Å². The molecule has 4 aliphatic rings. The van der Waals surface area contributed by atoms with Crippen LogP contribution in [0.1, 0.15) is 84.2 Å². The van der Waals surface area contributed by atoms with Gasteiger partial charge in [0.2, 0.25) is 0 Å². The molecule has 1 fully saturated rings. The van der Waals surface area contributed by atoms with E-state index in [1.807, 2.05) is 4.90 Å². The minimum atomic E-state index is -1.95. The Hall–Kier alpha value is -4.63. The Morgan fingerprint density at radius 3 is 2.33 bits per heavy atom. The summed E-state index contributed by atoms with van der Waals surface area (Å²) < 4.78 is 23.8. The Kier molecular flexibility index (Phi) is 13.0. The standard InChI is InChI=1S/C43H58N2O12/c1-20-13-11-14-21(2)42(53)44-28-19-30(45-17-12-15-29(45)26(7)46)32-33(38(28)51)37(50)25(6)40-34(32)41(52)43(9,57-40)55-18-16-31(54-10)22(3)39(56-27(8)47)24(5)36(49)23(4)35(20)48/h11,13-14,16,18-20,22-24,26,29,31,35-36,39,46,48-51H,12,15,17H2,1-10H3,(H,44,53)/b13-11-,18-16-,21-14-/t20-,22+,23+,24+,26-,29+,31-,35-,36+,39+,43-/m0/s1. The van der Waals surface area contributed by atoms with Crippen LogP contribution in [0.5, 0.6) is 17.2 Å². The Morgan fingerprint density at radius 2 is 1.70 bits per heavy atom. The number of carbonyl (C=O) groups excluding carboxylic acids is 3. The van der Waals surface area contributed by atoms with Crippen LogP contribution in [-0.4, -0.2) is 99.2 Å². The van der Waals surface area contributed by atoms with Gasteiger partial charge < -0.3 is 54.7 Å². The fraction of sp³-hybridized carbons (Fsp3) is 0.558. The Morgan fingerprint density at radius 1 is 1.02 bits per heavy atom. The highest BCUT2D eigenvalue weighted by molar-refractivity contribution is 6.23. The van der Waals surface area contributed by atoms with Gasteiger partial charge in [-0.2, -0.15) is 0 Å². The van der Waals surface area contributed by atoms with Crippen LogP contribution in [0, 0.1) is 30.6 Å². The number of aromatic hydroxyl groups is 2. The third-order valence-corrected chi connectivity index (χ3v) is 12.0. The van der Waals surface area contributed by atoms with E-state index in [0.717, 1.165) is 0 Å². The molecule has 0 unspecified atom stereocenters. The lowest BCUT2D eigenvalue weighted by Gasteiger charge is -2.38. The maximum atomic E-state index is 14.6. The molecule has 312 valence electrons. The van der Waals surface area contributed by atoms with Crippen LogP contribution in [0.25, 0.3) is 10.8 Å². The maximum Gasteiger partial charge on any atom is 0.312 e. The number of anilines is 2. The predicted octanol–water partition coefficient (Wildman–Crippen LogP) is 5.40. The summed E-state index contributed by atoms with van der Waals surface area (Å²) in [6.07, 6.45) is 4.44. The van der Waals surface area contributed by atoms with Crippen LogP contribution >= 0.6 is 0 Å².